The van der Waals surface area contributed by atoms with Gasteiger partial charge in [0.1, 0.15) is 4.60 Å². The number of hydrogen-bond acceptors (Lipinski definition) is 3. The fraction of sp³-hybridized carbons (Fsp3) is 0.154. The molecule has 0 N–H and O–H groups in total. The van der Waals surface area contributed by atoms with Gasteiger partial charge in [-0.1, -0.05) is 29.3 Å². The predicted molar refractivity (Wildman–Crippen MR) is 83.3 cm³/mol. The van der Waals surface area contributed by atoms with Crippen LogP contribution in [-0.4, -0.2) is 19.5 Å². The van der Waals surface area contributed by atoms with Gasteiger partial charge in [-0.25, -0.2) is 15.0 Å². The van der Waals surface area contributed by atoms with E-state index >= 15 is 0 Å². The molecule has 0 spiro atoms. The zero-order chi connectivity index (χ0) is 14.3. The summed E-state index contributed by atoms with van der Waals surface area (Å²) in [5.41, 5.74) is 2.26. The molecule has 20 heavy (non-hydrogen) atoms. The molecule has 0 unspecified atom stereocenters. The van der Waals surface area contributed by atoms with Gasteiger partial charge in [0.2, 0.25) is 0 Å². The molecule has 1 aromatic carbocycles. The van der Waals surface area contributed by atoms with Crippen molar-refractivity contribution in [2.75, 3.05) is 0 Å². The summed E-state index contributed by atoms with van der Waals surface area (Å²) in [5.74, 6) is 0. The van der Waals surface area contributed by atoms with Crippen LogP contribution in [0.3, 0.4) is 0 Å². The molecule has 0 amide bonds. The van der Waals surface area contributed by atoms with Gasteiger partial charge in [-0.2, -0.15) is 0 Å². The molecule has 3 rings (SSSR count). The Labute approximate surface area is 133 Å². The second-order valence-corrected chi connectivity index (χ2v) is 5.99. The van der Waals surface area contributed by atoms with Gasteiger partial charge < -0.3 is 4.57 Å². The highest BCUT2D eigenvalue weighted by atomic mass is 79.9. The second kappa shape index (κ2) is 5.31. The molecule has 0 aliphatic heterocycles. The maximum Gasteiger partial charge on any atom is 0.197 e. The average molecular weight is 372 g/mol. The second-order valence-electron chi connectivity index (χ2n) is 4.33. The maximum atomic E-state index is 6.26. The molecule has 0 bridgehead atoms. The summed E-state index contributed by atoms with van der Waals surface area (Å²) in [4.78, 5) is 12.9. The van der Waals surface area contributed by atoms with Crippen LogP contribution in [0.25, 0.3) is 11.3 Å². The molecule has 0 saturated heterocycles. The maximum absolute atomic E-state index is 6.26. The van der Waals surface area contributed by atoms with Crippen LogP contribution in [0.4, 0.5) is 0 Å². The van der Waals surface area contributed by atoms with E-state index in [1.54, 1.807) is 18.6 Å². The van der Waals surface area contributed by atoms with E-state index in [0.717, 1.165) is 5.56 Å². The monoisotopic (exact) mass is 370 g/mol. The van der Waals surface area contributed by atoms with E-state index in [4.69, 9.17) is 23.2 Å². The van der Waals surface area contributed by atoms with Crippen molar-refractivity contribution in [3.05, 3.63) is 50.9 Å². The van der Waals surface area contributed by atoms with Crippen LogP contribution >= 0.6 is 39.1 Å². The first-order valence-corrected chi connectivity index (χ1v) is 7.41. The van der Waals surface area contributed by atoms with E-state index in [1.807, 2.05) is 23.6 Å². The van der Waals surface area contributed by atoms with E-state index in [-0.39, 0.29) is 6.04 Å². The first-order valence-electron chi connectivity index (χ1n) is 5.86. The van der Waals surface area contributed by atoms with Crippen LogP contribution in [-0.2, 0) is 0 Å². The summed E-state index contributed by atoms with van der Waals surface area (Å²) in [5, 5.41) is 1.23. The Balaban J connectivity index is 2.12. The van der Waals surface area contributed by atoms with Crippen LogP contribution in [0.2, 0.25) is 10.0 Å². The van der Waals surface area contributed by atoms with Gasteiger partial charge in [0.05, 0.1) is 18.6 Å². The third-order valence-electron chi connectivity index (χ3n) is 3.08. The normalized spacial score (nSPS) is 12.8. The Morgan fingerprint density at radius 2 is 2.05 bits per heavy atom. The van der Waals surface area contributed by atoms with E-state index in [2.05, 4.69) is 30.9 Å². The molecule has 0 aliphatic carbocycles. The summed E-state index contributed by atoms with van der Waals surface area (Å²) < 4.78 is 2.60. The van der Waals surface area contributed by atoms with E-state index < -0.39 is 0 Å². The molecule has 3 aromatic rings. The quantitative estimate of drug-likeness (QED) is 0.665. The Morgan fingerprint density at radius 3 is 2.80 bits per heavy atom. The van der Waals surface area contributed by atoms with Gasteiger partial charge in [-0.05, 0) is 40.5 Å². The van der Waals surface area contributed by atoms with E-state index in [0.29, 0.717) is 25.9 Å². The molecular weight excluding hydrogens is 363 g/mol. The van der Waals surface area contributed by atoms with Crippen molar-refractivity contribution >= 4 is 50.4 Å². The third kappa shape index (κ3) is 2.41. The molecule has 0 fully saturated rings. The van der Waals surface area contributed by atoms with Gasteiger partial charge in [-0.15, -0.1) is 0 Å². The van der Waals surface area contributed by atoms with Crippen molar-refractivity contribution in [3.8, 4) is 0 Å². The molecule has 0 radical (unpaired) electrons. The summed E-state index contributed by atoms with van der Waals surface area (Å²) >= 11 is 15.5. The first kappa shape index (κ1) is 13.8. The smallest absolute Gasteiger partial charge is 0.197 e. The number of aromatic nitrogens is 4. The molecule has 4 nitrogen and oxygen atoms in total. The summed E-state index contributed by atoms with van der Waals surface area (Å²) in [6.45, 7) is 2.03. The first-order chi connectivity index (χ1) is 9.56. The molecule has 102 valence electrons. The highest BCUT2D eigenvalue weighted by Gasteiger charge is 2.16. The summed E-state index contributed by atoms with van der Waals surface area (Å²) in [7, 11) is 0. The summed E-state index contributed by atoms with van der Waals surface area (Å²) in [6, 6.07) is 5.44. The number of rotatable bonds is 2. The highest BCUT2D eigenvalue weighted by Crippen LogP contribution is 2.30. The Kier molecular flexibility index (Phi) is 3.67. The zero-order valence-electron chi connectivity index (χ0n) is 10.4. The van der Waals surface area contributed by atoms with Gasteiger partial charge in [-0.3, -0.25) is 0 Å². The van der Waals surface area contributed by atoms with Gasteiger partial charge in [0.25, 0.3) is 0 Å². The third-order valence-corrected chi connectivity index (χ3v) is 4.03. The van der Waals surface area contributed by atoms with E-state index in [9.17, 15) is 0 Å². The molecule has 7 heteroatoms. The Bertz CT molecular complexity index is 787. The van der Waals surface area contributed by atoms with Crippen LogP contribution in [0, 0.1) is 0 Å². The van der Waals surface area contributed by atoms with Crippen LogP contribution in [0.5, 0.6) is 0 Å². The summed E-state index contributed by atoms with van der Waals surface area (Å²) in [6.07, 6.45) is 3.34. The zero-order valence-corrected chi connectivity index (χ0v) is 13.5. The van der Waals surface area contributed by atoms with Crippen molar-refractivity contribution < 1.29 is 0 Å². The largest absolute Gasteiger partial charge is 0.306 e. The topological polar surface area (TPSA) is 43.6 Å². The van der Waals surface area contributed by atoms with Gasteiger partial charge >= 0.3 is 0 Å². The molecule has 1 atom stereocenters. The number of fused-ring (bicyclic) bond motifs is 1. The molecule has 2 heterocycles. The number of imidazole rings is 1. The highest BCUT2D eigenvalue weighted by molar-refractivity contribution is 9.10. The van der Waals surface area contributed by atoms with E-state index in [1.165, 1.54) is 0 Å². The standard InChI is InChI=1S/C13H9BrCl2N4/c1-7(9-3-2-8(15)4-10(9)16)20-6-18-12-13(20)19-11(14)5-17-12/h2-7H,1H3/t7-/m1/s1. The van der Waals surface area contributed by atoms with Crippen molar-refractivity contribution in [3.63, 3.8) is 0 Å². The van der Waals surface area contributed by atoms with Crippen molar-refractivity contribution in [1.82, 2.24) is 19.5 Å². The lowest BCUT2D eigenvalue weighted by molar-refractivity contribution is 0.652. The average Bonchev–Trinajstić information content (AvgIpc) is 2.81. The molecule has 0 aliphatic rings. The molecular formula is C13H9BrCl2N4. The minimum Gasteiger partial charge on any atom is -0.306 e. The van der Waals surface area contributed by atoms with Crippen LogP contribution < -0.4 is 0 Å². The molecule has 2 aromatic heterocycles. The lowest BCUT2D eigenvalue weighted by Crippen LogP contribution is -2.07. The molecule has 0 saturated carbocycles. The number of benzene rings is 1. The van der Waals surface area contributed by atoms with Crippen molar-refractivity contribution in [1.29, 1.82) is 0 Å². The lowest BCUT2D eigenvalue weighted by atomic mass is 10.1. The minimum atomic E-state index is -0.0200. The lowest BCUT2D eigenvalue weighted by Gasteiger charge is -2.16. The minimum absolute atomic E-state index is 0.0200. The van der Waals surface area contributed by atoms with Crippen LogP contribution in [0.1, 0.15) is 18.5 Å². The Morgan fingerprint density at radius 1 is 1.25 bits per heavy atom. The van der Waals surface area contributed by atoms with Crippen LogP contribution in [0.15, 0.2) is 35.3 Å². The fourth-order valence-corrected chi connectivity index (χ4v) is 2.90. The number of hydrogen-bond donors (Lipinski definition) is 0. The van der Waals surface area contributed by atoms with Gasteiger partial charge in [0, 0.05) is 10.0 Å². The fourth-order valence-electron chi connectivity index (χ4n) is 2.06. The number of nitrogens with zero attached hydrogens (tertiary/aromatic N) is 4. The SMILES string of the molecule is C[C@H](c1ccc(Cl)cc1Cl)n1cnc2ncc(Br)nc21. The predicted octanol–water partition coefficient (Wildman–Crippen LogP) is 4.50. The van der Waals surface area contributed by atoms with Crippen molar-refractivity contribution in [2.24, 2.45) is 0 Å². The van der Waals surface area contributed by atoms with Gasteiger partial charge in [0.15, 0.2) is 11.3 Å². The van der Waals surface area contributed by atoms with Crippen molar-refractivity contribution in [2.45, 2.75) is 13.0 Å². The Hall–Kier alpha value is -1.17. The number of halogens is 3.